The predicted molar refractivity (Wildman–Crippen MR) is 41.0 cm³/mol. The fraction of sp³-hybridized carbons (Fsp3) is 0.875. The van der Waals surface area contributed by atoms with E-state index in [1.165, 1.54) is 19.3 Å². The Hall–Kier alpha value is -0.370. The first-order valence-electron chi connectivity index (χ1n) is 3.90. The third kappa shape index (κ3) is 1.81. The zero-order chi connectivity index (χ0) is 7.56. The van der Waals surface area contributed by atoms with Crippen LogP contribution < -0.4 is 0 Å². The molecule has 1 rings (SSSR count). The minimum atomic E-state index is 0.273. The number of hydrogen-bond donors (Lipinski definition) is 0. The fourth-order valence-corrected chi connectivity index (χ4v) is 1.31. The zero-order valence-electron chi connectivity index (χ0n) is 6.76. The van der Waals surface area contributed by atoms with Gasteiger partial charge in [0.15, 0.2) is 0 Å². The first-order chi connectivity index (χ1) is 4.70. The molecule has 0 unspecified atom stereocenters. The first-order valence-corrected chi connectivity index (χ1v) is 3.90. The van der Waals surface area contributed by atoms with Crippen LogP contribution >= 0.6 is 0 Å². The summed E-state index contributed by atoms with van der Waals surface area (Å²) in [5.74, 6) is 0.273. The number of Topliss-reactive ketones (excluding diaryl/α,β-unsaturated/α-hetero) is 1. The molecule has 0 aliphatic heterocycles. The minimum absolute atomic E-state index is 0.273. The summed E-state index contributed by atoms with van der Waals surface area (Å²) in [6, 6.07) is 0.698. The molecular weight excluding hydrogens is 126 g/mol. The largest absolute Gasteiger partial charge is 0.299 e. The molecule has 10 heavy (non-hydrogen) atoms. The van der Waals surface area contributed by atoms with Gasteiger partial charge in [0.05, 0.1) is 6.54 Å². The second-order valence-electron chi connectivity index (χ2n) is 3.20. The van der Waals surface area contributed by atoms with Gasteiger partial charge in [-0.2, -0.15) is 0 Å². The second kappa shape index (κ2) is 3.15. The van der Waals surface area contributed by atoms with Crippen LogP contribution in [0.2, 0.25) is 0 Å². The molecule has 0 radical (unpaired) electrons. The average molecular weight is 141 g/mol. The van der Waals surface area contributed by atoms with Gasteiger partial charge in [0.2, 0.25) is 0 Å². The van der Waals surface area contributed by atoms with E-state index in [9.17, 15) is 4.79 Å². The minimum Gasteiger partial charge on any atom is -0.299 e. The van der Waals surface area contributed by atoms with E-state index in [0.717, 1.165) is 0 Å². The van der Waals surface area contributed by atoms with E-state index in [1.807, 2.05) is 7.05 Å². The van der Waals surface area contributed by atoms with E-state index in [-0.39, 0.29) is 5.78 Å². The number of rotatable bonds is 3. The highest BCUT2D eigenvalue weighted by Crippen LogP contribution is 2.22. The average Bonchev–Trinajstić information content (AvgIpc) is 1.55. The summed E-state index contributed by atoms with van der Waals surface area (Å²) in [5, 5.41) is 0. The normalized spacial score (nSPS) is 19.1. The fourth-order valence-electron chi connectivity index (χ4n) is 1.31. The SMILES string of the molecule is CC(=O)CN(C)C1CCC1. The van der Waals surface area contributed by atoms with E-state index in [0.29, 0.717) is 12.6 Å². The van der Waals surface area contributed by atoms with E-state index in [2.05, 4.69) is 4.90 Å². The second-order valence-corrected chi connectivity index (χ2v) is 3.20. The van der Waals surface area contributed by atoms with Crippen LogP contribution in [0, 0.1) is 0 Å². The lowest BCUT2D eigenvalue weighted by atomic mass is 9.92. The van der Waals surface area contributed by atoms with Crippen molar-refractivity contribution in [3.8, 4) is 0 Å². The van der Waals surface area contributed by atoms with E-state index in [1.54, 1.807) is 6.92 Å². The molecule has 1 aliphatic carbocycles. The monoisotopic (exact) mass is 141 g/mol. The Bertz CT molecular complexity index is 129. The molecule has 1 fully saturated rings. The third-order valence-electron chi connectivity index (χ3n) is 2.17. The lowest BCUT2D eigenvalue weighted by Crippen LogP contribution is -2.39. The zero-order valence-corrected chi connectivity index (χ0v) is 6.76. The molecule has 0 aromatic carbocycles. The molecule has 0 heterocycles. The molecule has 58 valence electrons. The van der Waals surface area contributed by atoms with Crippen molar-refractivity contribution in [2.45, 2.75) is 32.2 Å². The maximum Gasteiger partial charge on any atom is 0.143 e. The molecule has 0 bridgehead atoms. The van der Waals surface area contributed by atoms with Gasteiger partial charge in [-0.3, -0.25) is 9.69 Å². The van der Waals surface area contributed by atoms with Crippen LogP contribution in [-0.2, 0) is 4.79 Å². The first kappa shape index (κ1) is 7.73. The van der Waals surface area contributed by atoms with E-state index >= 15 is 0 Å². The van der Waals surface area contributed by atoms with Crippen LogP contribution in [0.4, 0.5) is 0 Å². The van der Waals surface area contributed by atoms with Crippen molar-refractivity contribution in [3.05, 3.63) is 0 Å². The summed E-state index contributed by atoms with van der Waals surface area (Å²) < 4.78 is 0. The van der Waals surface area contributed by atoms with Gasteiger partial charge in [-0.05, 0) is 26.8 Å². The highest BCUT2D eigenvalue weighted by Gasteiger charge is 2.21. The molecule has 1 aliphatic rings. The van der Waals surface area contributed by atoms with Crippen LogP contribution in [0.25, 0.3) is 0 Å². The molecule has 1 saturated carbocycles. The predicted octanol–water partition coefficient (Wildman–Crippen LogP) is 1.06. The van der Waals surface area contributed by atoms with Crippen molar-refractivity contribution in [1.29, 1.82) is 0 Å². The van der Waals surface area contributed by atoms with Gasteiger partial charge in [-0.15, -0.1) is 0 Å². The Labute approximate surface area is 62.2 Å². The van der Waals surface area contributed by atoms with Crippen LogP contribution in [-0.4, -0.2) is 30.3 Å². The molecule has 0 N–H and O–H groups in total. The molecule has 0 aromatic rings. The number of hydrogen-bond acceptors (Lipinski definition) is 2. The van der Waals surface area contributed by atoms with Gasteiger partial charge in [0, 0.05) is 6.04 Å². The lowest BCUT2D eigenvalue weighted by molar-refractivity contribution is -0.118. The Balaban J connectivity index is 2.19. The summed E-state index contributed by atoms with van der Waals surface area (Å²) in [6.45, 7) is 2.28. The van der Waals surface area contributed by atoms with Crippen LogP contribution in [0.3, 0.4) is 0 Å². The van der Waals surface area contributed by atoms with Crippen molar-refractivity contribution in [2.24, 2.45) is 0 Å². The lowest BCUT2D eigenvalue weighted by Gasteiger charge is -2.33. The van der Waals surface area contributed by atoms with Gasteiger partial charge in [-0.1, -0.05) is 6.42 Å². The van der Waals surface area contributed by atoms with Crippen molar-refractivity contribution in [2.75, 3.05) is 13.6 Å². The molecular formula is C8H15NO. The Morgan fingerprint density at radius 1 is 1.60 bits per heavy atom. The highest BCUT2D eigenvalue weighted by molar-refractivity contribution is 5.77. The van der Waals surface area contributed by atoms with Gasteiger partial charge in [0.1, 0.15) is 5.78 Å². The van der Waals surface area contributed by atoms with Gasteiger partial charge in [0.25, 0.3) is 0 Å². The number of likely N-dealkylation sites (N-methyl/N-ethyl adjacent to an activating group) is 1. The molecule has 0 spiro atoms. The van der Waals surface area contributed by atoms with Crippen LogP contribution in [0.5, 0.6) is 0 Å². The van der Waals surface area contributed by atoms with E-state index in [4.69, 9.17) is 0 Å². The highest BCUT2D eigenvalue weighted by atomic mass is 16.1. The van der Waals surface area contributed by atoms with Gasteiger partial charge >= 0.3 is 0 Å². The molecule has 0 amide bonds. The van der Waals surface area contributed by atoms with Gasteiger partial charge < -0.3 is 0 Å². The number of carbonyl (C=O) groups is 1. The summed E-state index contributed by atoms with van der Waals surface area (Å²) in [7, 11) is 2.03. The summed E-state index contributed by atoms with van der Waals surface area (Å²) in [6.07, 6.45) is 3.90. The van der Waals surface area contributed by atoms with E-state index < -0.39 is 0 Å². The number of carbonyl (C=O) groups excluding carboxylic acids is 1. The van der Waals surface area contributed by atoms with Crippen molar-refractivity contribution in [3.63, 3.8) is 0 Å². The third-order valence-corrected chi connectivity index (χ3v) is 2.17. The molecule has 0 aromatic heterocycles. The smallest absolute Gasteiger partial charge is 0.143 e. The number of nitrogens with zero attached hydrogens (tertiary/aromatic N) is 1. The quantitative estimate of drug-likeness (QED) is 0.585. The van der Waals surface area contributed by atoms with Crippen LogP contribution in [0.15, 0.2) is 0 Å². The molecule has 2 heteroatoms. The molecule has 2 nitrogen and oxygen atoms in total. The topological polar surface area (TPSA) is 20.3 Å². The molecule has 0 atom stereocenters. The van der Waals surface area contributed by atoms with Crippen molar-refractivity contribution >= 4 is 5.78 Å². The van der Waals surface area contributed by atoms with Crippen molar-refractivity contribution in [1.82, 2.24) is 4.90 Å². The Kier molecular flexibility index (Phi) is 2.44. The number of ketones is 1. The summed E-state index contributed by atoms with van der Waals surface area (Å²) in [5.41, 5.74) is 0. The maximum atomic E-state index is 10.7. The standard InChI is InChI=1S/C8H15NO/c1-7(10)6-9(2)8-4-3-5-8/h8H,3-6H2,1-2H3. The molecule has 0 saturated heterocycles. The Morgan fingerprint density at radius 2 is 2.20 bits per heavy atom. The maximum absolute atomic E-state index is 10.7. The van der Waals surface area contributed by atoms with Gasteiger partial charge in [-0.25, -0.2) is 0 Å². The van der Waals surface area contributed by atoms with Crippen molar-refractivity contribution < 1.29 is 4.79 Å². The van der Waals surface area contributed by atoms with Crippen LogP contribution in [0.1, 0.15) is 26.2 Å². The summed E-state index contributed by atoms with van der Waals surface area (Å²) in [4.78, 5) is 12.8. The Morgan fingerprint density at radius 3 is 2.50 bits per heavy atom. The summed E-state index contributed by atoms with van der Waals surface area (Å²) >= 11 is 0.